The molecule has 0 spiro atoms. The Morgan fingerprint density at radius 3 is 2.76 bits per heavy atom. The van der Waals surface area contributed by atoms with Gasteiger partial charge in [0.1, 0.15) is 11.9 Å². The van der Waals surface area contributed by atoms with Crippen LogP contribution in [-0.2, 0) is 11.3 Å². The minimum atomic E-state index is -0.280. The Kier molecular flexibility index (Phi) is 5.29. The van der Waals surface area contributed by atoms with Crippen molar-refractivity contribution >= 4 is 11.7 Å². The van der Waals surface area contributed by atoms with Crippen LogP contribution in [0.4, 0.5) is 5.82 Å². The zero-order chi connectivity index (χ0) is 20.4. The van der Waals surface area contributed by atoms with Gasteiger partial charge in [0.25, 0.3) is 5.89 Å². The molecule has 7 heteroatoms. The lowest BCUT2D eigenvalue weighted by atomic mass is 10.1. The number of hydrogen-bond acceptors (Lipinski definition) is 6. The Morgan fingerprint density at radius 2 is 2.03 bits per heavy atom. The molecule has 1 aliphatic rings. The van der Waals surface area contributed by atoms with E-state index in [4.69, 9.17) is 4.52 Å². The van der Waals surface area contributed by atoms with Crippen LogP contribution in [0.1, 0.15) is 43.1 Å². The van der Waals surface area contributed by atoms with E-state index < -0.39 is 0 Å². The molecule has 1 fully saturated rings. The Morgan fingerprint density at radius 1 is 1.24 bits per heavy atom. The normalized spacial score (nSPS) is 16.6. The molecule has 1 amide bonds. The first-order valence-corrected chi connectivity index (χ1v) is 9.90. The summed E-state index contributed by atoms with van der Waals surface area (Å²) in [6, 6.07) is 11.7. The molecule has 1 aliphatic heterocycles. The number of likely N-dealkylation sites (tertiary alicyclic amines) is 1. The van der Waals surface area contributed by atoms with Gasteiger partial charge in [-0.1, -0.05) is 48.8 Å². The fourth-order valence-electron chi connectivity index (χ4n) is 3.35. The van der Waals surface area contributed by atoms with E-state index in [2.05, 4.69) is 51.6 Å². The van der Waals surface area contributed by atoms with E-state index >= 15 is 0 Å². The van der Waals surface area contributed by atoms with Crippen molar-refractivity contribution in [3.63, 3.8) is 0 Å². The molecule has 2 aromatic heterocycles. The smallest absolute Gasteiger partial charge is 0.258 e. The van der Waals surface area contributed by atoms with Gasteiger partial charge in [0.2, 0.25) is 5.91 Å². The molecule has 1 saturated heterocycles. The van der Waals surface area contributed by atoms with Crippen molar-refractivity contribution in [1.82, 2.24) is 20.0 Å². The number of amides is 1. The molecule has 3 heterocycles. The van der Waals surface area contributed by atoms with Crippen LogP contribution in [0.2, 0.25) is 0 Å². The van der Waals surface area contributed by atoms with Gasteiger partial charge in [-0.3, -0.25) is 4.79 Å². The Bertz CT molecular complexity index is 996. The summed E-state index contributed by atoms with van der Waals surface area (Å²) in [5, 5.41) is 7.27. The van der Waals surface area contributed by atoms with Gasteiger partial charge in [-0.2, -0.15) is 4.98 Å². The van der Waals surface area contributed by atoms with Crippen LogP contribution >= 0.6 is 0 Å². The minimum Gasteiger partial charge on any atom is -0.358 e. The lowest BCUT2D eigenvalue weighted by Gasteiger charge is -2.17. The number of aromatic nitrogens is 3. The van der Waals surface area contributed by atoms with Crippen LogP contribution < -0.4 is 5.32 Å². The molecule has 3 aromatic rings. The quantitative estimate of drug-likeness (QED) is 0.688. The highest BCUT2D eigenvalue weighted by Crippen LogP contribution is 2.24. The van der Waals surface area contributed by atoms with E-state index in [1.54, 1.807) is 6.20 Å². The van der Waals surface area contributed by atoms with Crippen LogP contribution in [-0.4, -0.2) is 38.5 Å². The standard InChI is InChI=1S/C22H25N5O2/c1-14(2)20-25-21(29-26-20)17-8-10-23-19(12-17)24-18-9-11-27(22(18)28)13-16-6-4-15(3)5-7-16/h4-8,10,12,14,18H,9,11,13H2,1-3H3,(H,23,24). The molecule has 150 valence electrons. The predicted octanol–water partition coefficient (Wildman–Crippen LogP) is 3.78. The summed E-state index contributed by atoms with van der Waals surface area (Å²) >= 11 is 0. The largest absolute Gasteiger partial charge is 0.358 e. The van der Waals surface area contributed by atoms with Crippen molar-refractivity contribution in [2.75, 3.05) is 11.9 Å². The van der Waals surface area contributed by atoms with Crippen molar-refractivity contribution in [2.45, 2.75) is 45.7 Å². The van der Waals surface area contributed by atoms with Crippen LogP contribution in [0.15, 0.2) is 47.1 Å². The van der Waals surface area contributed by atoms with Gasteiger partial charge >= 0.3 is 0 Å². The molecule has 1 unspecified atom stereocenters. The van der Waals surface area contributed by atoms with Crippen molar-refractivity contribution in [1.29, 1.82) is 0 Å². The number of aryl methyl sites for hydroxylation is 1. The molecule has 4 rings (SSSR count). The molecule has 1 atom stereocenters. The highest BCUT2D eigenvalue weighted by atomic mass is 16.5. The van der Waals surface area contributed by atoms with Gasteiger partial charge in [-0.15, -0.1) is 0 Å². The number of benzene rings is 1. The number of rotatable bonds is 6. The molecule has 1 aromatic carbocycles. The number of nitrogens with one attached hydrogen (secondary N) is 1. The number of carbonyl (C=O) groups is 1. The fraction of sp³-hybridized carbons (Fsp3) is 0.364. The number of carbonyl (C=O) groups excluding carboxylic acids is 1. The van der Waals surface area contributed by atoms with E-state index in [1.165, 1.54) is 5.56 Å². The van der Waals surface area contributed by atoms with Gasteiger partial charge in [0.15, 0.2) is 5.82 Å². The second-order valence-electron chi connectivity index (χ2n) is 7.77. The highest BCUT2D eigenvalue weighted by Gasteiger charge is 2.31. The molecule has 0 aliphatic carbocycles. The molecule has 7 nitrogen and oxygen atoms in total. The maximum atomic E-state index is 12.8. The summed E-state index contributed by atoms with van der Waals surface area (Å²) in [4.78, 5) is 23.5. The van der Waals surface area contributed by atoms with Gasteiger partial charge in [0.05, 0.1) is 0 Å². The molecular formula is C22H25N5O2. The van der Waals surface area contributed by atoms with Crippen molar-refractivity contribution < 1.29 is 9.32 Å². The van der Waals surface area contributed by atoms with Crippen LogP contribution in [0.25, 0.3) is 11.5 Å². The lowest BCUT2D eigenvalue weighted by Crippen LogP contribution is -2.33. The van der Waals surface area contributed by atoms with Crippen molar-refractivity contribution in [3.05, 3.63) is 59.5 Å². The molecular weight excluding hydrogens is 366 g/mol. The van der Waals surface area contributed by atoms with Gasteiger partial charge < -0.3 is 14.7 Å². The van der Waals surface area contributed by atoms with Crippen LogP contribution in [0.5, 0.6) is 0 Å². The zero-order valence-electron chi connectivity index (χ0n) is 16.9. The molecule has 1 N–H and O–H groups in total. The van der Waals surface area contributed by atoms with E-state index in [-0.39, 0.29) is 17.9 Å². The average Bonchev–Trinajstić information content (AvgIpc) is 3.33. The number of hydrogen-bond donors (Lipinski definition) is 1. The van der Waals surface area contributed by atoms with Gasteiger partial charge in [-0.05, 0) is 31.0 Å². The first kappa shape index (κ1) is 19.1. The van der Waals surface area contributed by atoms with E-state index in [0.29, 0.717) is 24.1 Å². The first-order valence-electron chi connectivity index (χ1n) is 9.90. The molecule has 0 saturated carbocycles. The first-order chi connectivity index (χ1) is 14.0. The van der Waals surface area contributed by atoms with Crippen LogP contribution in [0, 0.1) is 6.92 Å². The highest BCUT2D eigenvalue weighted by molar-refractivity contribution is 5.86. The second kappa shape index (κ2) is 8.03. The van der Waals surface area contributed by atoms with E-state index in [9.17, 15) is 4.79 Å². The summed E-state index contributed by atoms with van der Waals surface area (Å²) in [6.45, 7) is 7.45. The van der Waals surface area contributed by atoms with E-state index in [0.717, 1.165) is 24.1 Å². The molecule has 0 bridgehead atoms. The third-order valence-electron chi connectivity index (χ3n) is 5.08. The maximum Gasteiger partial charge on any atom is 0.258 e. The minimum absolute atomic E-state index is 0.0951. The summed E-state index contributed by atoms with van der Waals surface area (Å²) in [6.07, 6.45) is 2.43. The molecule has 29 heavy (non-hydrogen) atoms. The number of anilines is 1. The zero-order valence-corrected chi connectivity index (χ0v) is 16.9. The van der Waals surface area contributed by atoms with Crippen LogP contribution in [0.3, 0.4) is 0 Å². The number of nitrogens with zero attached hydrogens (tertiary/aromatic N) is 4. The third kappa shape index (κ3) is 4.29. The maximum absolute atomic E-state index is 12.8. The lowest BCUT2D eigenvalue weighted by molar-refractivity contribution is -0.128. The Balaban J connectivity index is 1.42. The van der Waals surface area contributed by atoms with E-state index in [1.807, 2.05) is 30.9 Å². The summed E-state index contributed by atoms with van der Waals surface area (Å²) in [5.74, 6) is 2.05. The SMILES string of the molecule is Cc1ccc(CN2CCC(Nc3cc(-c4nc(C(C)C)no4)ccn3)C2=O)cc1. The number of pyridine rings is 1. The average molecular weight is 391 g/mol. The van der Waals surface area contributed by atoms with Crippen molar-refractivity contribution in [2.24, 2.45) is 0 Å². The summed E-state index contributed by atoms with van der Waals surface area (Å²) in [5.41, 5.74) is 3.14. The fourth-order valence-corrected chi connectivity index (χ4v) is 3.35. The summed E-state index contributed by atoms with van der Waals surface area (Å²) < 4.78 is 5.36. The second-order valence-corrected chi connectivity index (χ2v) is 7.77. The Hall–Kier alpha value is -3.22. The third-order valence-corrected chi connectivity index (χ3v) is 5.08. The summed E-state index contributed by atoms with van der Waals surface area (Å²) in [7, 11) is 0. The van der Waals surface area contributed by atoms with Gasteiger partial charge in [-0.25, -0.2) is 4.98 Å². The molecule has 0 radical (unpaired) electrons. The van der Waals surface area contributed by atoms with Crippen molar-refractivity contribution in [3.8, 4) is 11.5 Å². The monoisotopic (exact) mass is 391 g/mol. The Labute approximate surface area is 170 Å². The predicted molar refractivity (Wildman–Crippen MR) is 110 cm³/mol. The van der Waals surface area contributed by atoms with Gasteiger partial charge in [0, 0.05) is 30.8 Å². The topological polar surface area (TPSA) is 84.2 Å².